The summed E-state index contributed by atoms with van der Waals surface area (Å²) in [4.78, 5) is 20.7. The minimum atomic E-state index is -3.44. The van der Waals surface area contributed by atoms with Crippen molar-refractivity contribution in [1.82, 2.24) is 14.2 Å². The fourth-order valence-electron chi connectivity index (χ4n) is 3.41. The predicted octanol–water partition coefficient (Wildman–Crippen LogP) is 1.31. The summed E-state index contributed by atoms with van der Waals surface area (Å²) < 4.78 is 26.6. The Bertz CT molecular complexity index is 699. The van der Waals surface area contributed by atoms with Crippen LogP contribution in [0, 0.1) is 0 Å². The van der Waals surface area contributed by atoms with Crippen molar-refractivity contribution >= 4 is 21.7 Å². The second kappa shape index (κ2) is 7.70. The zero-order valence-electron chi connectivity index (χ0n) is 14.7. The molecule has 2 aliphatic rings. The Balaban J connectivity index is 1.73. The molecule has 7 nitrogen and oxygen atoms in total. The van der Waals surface area contributed by atoms with Gasteiger partial charge in [-0.25, -0.2) is 13.4 Å². The van der Waals surface area contributed by atoms with Crippen LogP contribution in [0.2, 0.25) is 0 Å². The summed E-state index contributed by atoms with van der Waals surface area (Å²) in [5.41, 5.74) is 0. The zero-order chi connectivity index (χ0) is 17.9. The molecule has 0 radical (unpaired) electrons. The molecule has 1 aromatic rings. The third-order valence-electron chi connectivity index (χ3n) is 4.78. The van der Waals surface area contributed by atoms with Gasteiger partial charge in [-0.15, -0.1) is 0 Å². The molecule has 2 aliphatic heterocycles. The summed E-state index contributed by atoms with van der Waals surface area (Å²) in [6.07, 6.45) is 5.08. The number of rotatable bonds is 5. The first-order chi connectivity index (χ1) is 12.0. The Morgan fingerprint density at radius 2 is 1.84 bits per heavy atom. The predicted molar refractivity (Wildman–Crippen MR) is 95.9 cm³/mol. The lowest BCUT2D eigenvalue weighted by Gasteiger charge is -2.22. The van der Waals surface area contributed by atoms with Crippen molar-refractivity contribution in [3.63, 3.8) is 0 Å². The molecule has 8 heteroatoms. The zero-order valence-corrected chi connectivity index (χ0v) is 15.5. The highest BCUT2D eigenvalue weighted by Gasteiger charge is 2.28. The van der Waals surface area contributed by atoms with E-state index >= 15 is 0 Å². The molecule has 0 bridgehead atoms. The number of anilines is 1. The maximum Gasteiger partial charge on any atom is 0.244 e. The standard InChI is InChI=1S/C17H26N4O3S/c1-2-8-19-9-5-10-20(14-17(19)22)16-7-6-15(13-18-16)25(23,24)21-11-3-4-12-21/h6-7,13H,2-5,8-12,14H2,1H3. The summed E-state index contributed by atoms with van der Waals surface area (Å²) in [7, 11) is -3.44. The molecule has 1 aromatic heterocycles. The molecule has 0 N–H and O–H groups in total. The van der Waals surface area contributed by atoms with E-state index in [1.54, 1.807) is 12.1 Å². The summed E-state index contributed by atoms with van der Waals surface area (Å²) in [5, 5.41) is 0. The van der Waals surface area contributed by atoms with Crippen LogP contribution in [0.3, 0.4) is 0 Å². The lowest BCUT2D eigenvalue weighted by atomic mass is 10.3. The largest absolute Gasteiger partial charge is 0.347 e. The van der Waals surface area contributed by atoms with Crippen molar-refractivity contribution in [3.8, 4) is 0 Å². The van der Waals surface area contributed by atoms with Crippen LogP contribution >= 0.6 is 0 Å². The molecule has 3 rings (SSSR count). The monoisotopic (exact) mass is 366 g/mol. The Morgan fingerprint density at radius 1 is 1.08 bits per heavy atom. The van der Waals surface area contributed by atoms with Crippen LogP contribution in [-0.2, 0) is 14.8 Å². The highest BCUT2D eigenvalue weighted by molar-refractivity contribution is 7.89. The van der Waals surface area contributed by atoms with Crippen molar-refractivity contribution in [2.75, 3.05) is 44.2 Å². The highest BCUT2D eigenvalue weighted by Crippen LogP contribution is 2.22. The van der Waals surface area contributed by atoms with E-state index < -0.39 is 10.0 Å². The first kappa shape index (κ1) is 18.1. The van der Waals surface area contributed by atoms with Gasteiger partial charge in [-0.3, -0.25) is 4.79 Å². The number of carbonyl (C=O) groups excluding carboxylic acids is 1. The number of hydrogen-bond donors (Lipinski definition) is 0. The Hall–Kier alpha value is -1.67. The van der Waals surface area contributed by atoms with E-state index in [-0.39, 0.29) is 10.8 Å². The Morgan fingerprint density at radius 3 is 2.48 bits per heavy atom. The van der Waals surface area contributed by atoms with E-state index in [9.17, 15) is 13.2 Å². The van der Waals surface area contributed by atoms with Crippen LogP contribution in [0.1, 0.15) is 32.6 Å². The molecule has 0 unspecified atom stereocenters. The molecule has 0 spiro atoms. The van der Waals surface area contributed by atoms with Gasteiger partial charge in [-0.1, -0.05) is 6.92 Å². The van der Waals surface area contributed by atoms with Crippen LogP contribution in [0.5, 0.6) is 0 Å². The fraction of sp³-hybridized carbons (Fsp3) is 0.647. The molecular formula is C17H26N4O3S. The minimum absolute atomic E-state index is 0.106. The molecule has 0 aliphatic carbocycles. The first-order valence-corrected chi connectivity index (χ1v) is 10.5. The Labute approximate surface area is 149 Å². The number of nitrogens with zero attached hydrogens (tertiary/aromatic N) is 4. The van der Waals surface area contributed by atoms with Gasteiger partial charge in [0.05, 0.1) is 6.54 Å². The number of carbonyl (C=O) groups is 1. The average Bonchev–Trinajstić information content (AvgIpc) is 3.09. The topological polar surface area (TPSA) is 73.8 Å². The minimum Gasteiger partial charge on any atom is -0.347 e. The molecule has 138 valence electrons. The third-order valence-corrected chi connectivity index (χ3v) is 6.66. The second-order valence-corrected chi connectivity index (χ2v) is 8.56. The summed E-state index contributed by atoms with van der Waals surface area (Å²) >= 11 is 0. The van der Waals surface area contributed by atoms with Gasteiger partial charge in [-0.2, -0.15) is 4.31 Å². The van der Waals surface area contributed by atoms with E-state index in [0.717, 1.165) is 45.3 Å². The van der Waals surface area contributed by atoms with Crippen LogP contribution < -0.4 is 4.90 Å². The third kappa shape index (κ3) is 3.95. The van der Waals surface area contributed by atoms with Crippen LogP contribution in [0.25, 0.3) is 0 Å². The normalized spacial score (nSPS) is 20.1. The van der Waals surface area contributed by atoms with Crippen LogP contribution in [0.15, 0.2) is 23.2 Å². The number of amides is 1. The highest BCUT2D eigenvalue weighted by atomic mass is 32.2. The molecule has 0 saturated carbocycles. The van der Waals surface area contributed by atoms with Gasteiger partial charge in [0.25, 0.3) is 0 Å². The van der Waals surface area contributed by atoms with Gasteiger partial charge in [-0.05, 0) is 37.8 Å². The maximum absolute atomic E-state index is 12.6. The molecular weight excluding hydrogens is 340 g/mol. The molecule has 2 fully saturated rings. The molecule has 1 amide bonds. The lowest BCUT2D eigenvalue weighted by Crippen LogP contribution is -2.37. The number of aromatic nitrogens is 1. The summed E-state index contributed by atoms with van der Waals surface area (Å²) in [6, 6.07) is 3.32. The van der Waals surface area contributed by atoms with Gasteiger partial charge in [0.1, 0.15) is 10.7 Å². The Kier molecular flexibility index (Phi) is 5.58. The van der Waals surface area contributed by atoms with Crippen molar-refractivity contribution in [3.05, 3.63) is 18.3 Å². The van der Waals surface area contributed by atoms with E-state index in [1.807, 2.05) is 9.80 Å². The second-order valence-electron chi connectivity index (χ2n) is 6.62. The molecule has 2 saturated heterocycles. The molecule has 3 heterocycles. The van der Waals surface area contributed by atoms with Gasteiger partial charge in [0.15, 0.2) is 0 Å². The quantitative estimate of drug-likeness (QED) is 0.786. The summed E-state index contributed by atoms with van der Waals surface area (Å²) in [6.45, 7) is 5.83. The summed E-state index contributed by atoms with van der Waals surface area (Å²) in [5.74, 6) is 0.766. The smallest absolute Gasteiger partial charge is 0.244 e. The molecule has 25 heavy (non-hydrogen) atoms. The molecule has 0 aromatic carbocycles. The number of hydrogen-bond acceptors (Lipinski definition) is 5. The lowest BCUT2D eigenvalue weighted by molar-refractivity contribution is -0.129. The average molecular weight is 366 g/mol. The fourth-order valence-corrected chi connectivity index (χ4v) is 4.87. The van der Waals surface area contributed by atoms with Gasteiger partial charge in [0.2, 0.25) is 15.9 Å². The SMILES string of the molecule is CCCN1CCCN(c2ccc(S(=O)(=O)N3CCCC3)cn2)CC1=O. The van der Waals surface area contributed by atoms with Crippen molar-refractivity contribution in [2.45, 2.75) is 37.5 Å². The van der Waals surface area contributed by atoms with Gasteiger partial charge < -0.3 is 9.80 Å². The van der Waals surface area contributed by atoms with Crippen LogP contribution in [0.4, 0.5) is 5.82 Å². The maximum atomic E-state index is 12.6. The van der Waals surface area contributed by atoms with Crippen molar-refractivity contribution < 1.29 is 13.2 Å². The van der Waals surface area contributed by atoms with Crippen molar-refractivity contribution in [1.29, 1.82) is 0 Å². The van der Waals surface area contributed by atoms with Gasteiger partial charge in [0, 0.05) is 38.9 Å². The number of pyridine rings is 1. The first-order valence-electron chi connectivity index (χ1n) is 9.01. The molecule has 0 atom stereocenters. The number of sulfonamides is 1. The van der Waals surface area contributed by atoms with E-state index in [2.05, 4.69) is 11.9 Å². The van der Waals surface area contributed by atoms with E-state index in [0.29, 0.717) is 25.5 Å². The van der Waals surface area contributed by atoms with E-state index in [1.165, 1.54) is 10.5 Å². The van der Waals surface area contributed by atoms with Gasteiger partial charge >= 0.3 is 0 Å². The van der Waals surface area contributed by atoms with Crippen LogP contribution in [-0.4, -0.2) is 67.8 Å². The van der Waals surface area contributed by atoms with E-state index in [4.69, 9.17) is 0 Å². The van der Waals surface area contributed by atoms with Crippen molar-refractivity contribution in [2.24, 2.45) is 0 Å².